The Bertz CT molecular complexity index is 1060. The first-order valence-electron chi connectivity index (χ1n) is 9.56. The van der Waals surface area contributed by atoms with Gasteiger partial charge in [-0.25, -0.2) is 0 Å². The van der Waals surface area contributed by atoms with Crippen molar-refractivity contribution in [1.82, 2.24) is 20.1 Å². The maximum atomic E-state index is 12.3. The third kappa shape index (κ3) is 5.48. The third-order valence-electron chi connectivity index (χ3n) is 4.65. The van der Waals surface area contributed by atoms with Crippen LogP contribution in [0.25, 0.3) is 0 Å². The Morgan fingerprint density at radius 1 is 1.00 bits per heavy atom. The number of nitrogens with one attached hydrogen (secondary N) is 2. The molecule has 3 aromatic rings. The van der Waals surface area contributed by atoms with Crippen LogP contribution in [0.4, 0.5) is 5.69 Å². The first-order chi connectivity index (χ1) is 14.3. The van der Waals surface area contributed by atoms with Crippen LogP contribution in [0.1, 0.15) is 32.9 Å². The molecule has 0 saturated heterocycles. The van der Waals surface area contributed by atoms with Gasteiger partial charge in [-0.05, 0) is 50.1 Å². The van der Waals surface area contributed by atoms with Crippen LogP contribution < -0.4 is 10.6 Å². The summed E-state index contributed by atoms with van der Waals surface area (Å²) in [5, 5.41) is 14.7. The van der Waals surface area contributed by atoms with E-state index >= 15 is 0 Å². The molecular weight excluding hydrogens is 398 g/mol. The van der Waals surface area contributed by atoms with E-state index < -0.39 is 0 Å². The van der Waals surface area contributed by atoms with Crippen molar-refractivity contribution in [3.63, 3.8) is 0 Å². The number of amides is 2. The Morgan fingerprint density at radius 3 is 2.43 bits per heavy atom. The molecule has 2 amide bonds. The largest absolute Gasteiger partial charge is 0.345 e. The predicted octanol–water partition coefficient (Wildman–Crippen LogP) is 3.40. The first-order valence-corrected chi connectivity index (χ1v) is 10.5. The Hall–Kier alpha value is -3.13. The van der Waals surface area contributed by atoms with Crippen molar-refractivity contribution >= 4 is 29.3 Å². The van der Waals surface area contributed by atoms with Gasteiger partial charge in [0, 0.05) is 18.3 Å². The summed E-state index contributed by atoms with van der Waals surface area (Å²) in [6.07, 6.45) is 0. The number of nitrogens with zero attached hydrogens (tertiary/aromatic N) is 3. The predicted molar refractivity (Wildman–Crippen MR) is 119 cm³/mol. The molecule has 0 aliphatic heterocycles. The average molecular weight is 424 g/mol. The number of aromatic nitrogens is 3. The average Bonchev–Trinajstić information content (AvgIpc) is 3.07. The standard InChI is InChI=1S/C22H25N5O2S/c1-14-6-9-17(10-7-14)21(29)23-12-19-25-26-22(27(19)4)30-13-20(28)24-18-11-15(2)5-8-16(18)3/h5-11H,12-13H2,1-4H3,(H,23,29)(H,24,28). The van der Waals surface area contributed by atoms with Crippen molar-refractivity contribution in [2.24, 2.45) is 7.05 Å². The van der Waals surface area contributed by atoms with Gasteiger partial charge in [0.1, 0.15) is 0 Å². The number of hydrogen-bond acceptors (Lipinski definition) is 5. The number of anilines is 1. The van der Waals surface area contributed by atoms with E-state index in [1.54, 1.807) is 16.7 Å². The molecular formula is C22H25N5O2S. The summed E-state index contributed by atoms with van der Waals surface area (Å²) in [6, 6.07) is 13.3. The lowest BCUT2D eigenvalue weighted by molar-refractivity contribution is -0.113. The van der Waals surface area contributed by atoms with E-state index in [0.717, 1.165) is 22.4 Å². The molecule has 0 radical (unpaired) electrons. The number of hydrogen-bond donors (Lipinski definition) is 2. The van der Waals surface area contributed by atoms with Crippen LogP contribution in [0.15, 0.2) is 47.6 Å². The minimum atomic E-state index is -0.167. The normalized spacial score (nSPS) is 10.7. The zero-order valence-electron chi connectivity index (χ0n) is 17.5. The minimum absolute atomic E-state index is 0.106. The molecule has 0 spiro atoms. The highest BCUT2D eigenvalue weighted by Crippen LogP contribution is 2.19. The highest BCUT2D eigenvalue weighted by atomic mass is 32.2. The molecule has 30 heavy (non-hydrogen) atoms. The van der Waals surface area contributed by atoms with Crippen molar-refractivity contribution in [3.05, 3.63) is 70.5 Å². The molecule has 0 saturated carbocycles. The third-order valence-corrected chi connectivity index (χ3v) is 5.67. The summed E-state index contributed by atoms with van der Waals surface area (Å²) in [4.78, 5) is 24.6. The van der Waals surface area contributed by atoms with Gasteiger partial charge in [-0.15, -0.1) is 10.2 Å². The number of thioether (sulfide) groups is 1. The fourth-order valence-corrected chi connectivity index (χ4v) is 3.51. The van der Waals surface area contributed by atoms with Gasteiger partial charge < -0.3 is 15.2 Å². The van der Waals surface area contributed by atoms with Crippen LogP contribution in [0.3, 0.4) is 0 Å². The van der Waals surface area contributed by atoms with E-state index in [4.69, 9.17) is 0 Å². The fourth-order valence-electron chi connectivity index (χ4n) is 2.78. The number of rotatable bonds is 7. The van der Waals surface area contributed by atoms with E-state index in [-0.39, 0.29) is 24.1 Å². The fraction of sp³-hybridized carbons (Fsp3) is 0.273. The summed E-state index contributed by atoms with van der Waals surface area (Å²) in [7, 11) is 1.82. The van der Waals surface area contributed by atoms with Crippen LogP contribution in [0, 0.1) is 20.8 Å². The molecule has 8 heteroatoms. The molecule has 0 bridgehead atoms. The number of carbonyl (C=O) groups is 2. The van der Waals surface area contributed by atoms with Gasteiger partial charge in [-0.1, -0.05) is 41.6 Å². The highest BCUT2D eigenvalue weighted by molar-refractivity contribution is 7.99. The molecule has 7 nitrogen and oxygen atoms in total. The van der Waals surface area contributed by atoms with E-state index in [2.05, 4.69) is 20.8 Å². The van der Waals surface area contributed by atoms with Crippen LogP contribution in [-0.2, 0) is 18.4 Å². The molecule has 0 aliphatic rings. The van der Waals surface area contributed by atoms with Gasteiger partial charge in [0.2, 0.25) is 5.91 Å². The molecule has 3 rings (SSSR count). The quantitative estimate of drug-likeness (QED) is 0.569. The van der Waals surface area contributed by atoms with Crippen molar-refractivity contribution in [1.29, 1.82) is 0 Å². The second kappa shape index (κ2) is 9.58. The Morgan fingerprint density at radius 2 is 1.70 bits per heavy atom. The Kier molecular flexibility index (Phi) is 6.89. The van der Waals surface area contributed by atoms with E-state index in [1.807, 2.05) is 58.2 Å². The Labute approximate surface area is 180 Å². The number of benzene rings is 2. The van der Waals surface area contributed by atoms with Gasteiger partial charge in [-0.3, -0.25) is 9.59 Å². The molecule has 0 unspecified atom stereocenters. The first kappa shape index (κ1) is 21.6. The summed E-state index contributed by atoms with van der Waals surface area (Å²) in [6.45, 7) is 6.18. The van der Waals surface area contributed by atoms with Crippen molar-refractivity contribution in [3.8, 4) is 0 Å². The monoisotopic (exact) mass is 423 g/mol. The maximum Gasteiger partial charge on any atom is 0.251 e. The van der Waals surface area contributed by atoms with Crippen molar-refractivity contribution in [2.45, 2.75) is 32.5 Å². The van der Waals surface area contributed by atoms with Crippen molar-refractivity contribution < 1.29 is 9.59 Å². The molecule has 0 atom stereocenters. The van der Waals surface area contributed by atoms with Crippen LogP contribution in [-0.4, -0.2) is 32.3 Å². The minimum Gasteiger partial charge on any atom is -0.345 e. The van der Waals surface area contributed by atoms with Gasteiger partial charge in [0.05, 0.1) is 12.3 Å². The molecule has 0 aliphatic carbocycles. The number of aryl methyl sites for hydroxylation is 3. The molecule has 0 fully saturated rings. The summed E-state index contributed by atoms with van der Waals surface area (Å²) in [5.41, 5.74) is 4.63. The molecule has 1 aromatic heterocycles. The molecule has 156 valence electrons. The van der Waals surface area contributed by atoms with Gasteiger partial charge >= 0.3 is 0 Å². The van der Waals surface area contributed by atoms with E-state index in [9.17, 15) is 9.59 Å². The SMILES string of the molecule is Cc1ccc(C(=O)NCc2nnc(SCC(=O)Nc3cc(C)ccc3C)n2C)cc1. The van der Waals surface area contributed by atoms with Crippen LogP contribution in [0.2, 0.25) is 0 Å². The summed E-state index contributed by atoms with van der Waals surface area (Å²) >= 11 is 1.30. The lowest BCUT2D eigenvalue weighted by Gasteiger charge is -2.09. The van der Waals surface area contributed by atoms with Gasteiger partial charge in [-0.2, -0.15) is 0 Å². The second-order valence-corrected chi connectivity index (χ2v) is 8.10. The molecule has 1 heterocycles. The van der Waals surface area contributed by atoms with Gasteiger partial charge in [0.25, 0.3) is 5.91 Å². The topological polar surface area (TPSA) is 88.9 Å². The summed E-state index contributed by atoms with van der Waals surface area (Å²) in [5.74, 6) is 0.564. The van der Waals surface area contributed by atoms with E-state index in [1.165, 1.54) is 11.8 Å². The van der Waals surface area contributed by atoms with E-state index in [0.29, 0.717) is 16.5 Å². The number of carbonyl (C=O) groups excluding carboxylic acids is 2. The second-order valence-electron chi connectivity index (χ2n) is 7.16. The zero-order valence-corrected chi connectivity index (χ0v) is 18.3. The zero-order chi connectivity index (χ0) is 21.7. The van der Waals surface area contributed by atoms with Crippen LogP contribution >= 0.6 is 11.8 Å². The van der Waals surface area contributed by atoms with Crippen molar-refractivity contribution in [2.75, 3.05) is 11.1 Å². The Balaban J connectivity index is 1.53. The summed E-state index contributed by atoms with van der Waals surface area (Å²) < 4.78 is 1.78. The maximum absolute atomic E-state index is 12.3. The lowest BCUT2D eigenvalue weighted by atomic mass is 10.1. The molecule has 2 aromatic carbocycles. The highest BCUT2D eigenvalue weighted by Gasteiger charge is 2.13. The van der Waals surface area contributed by atoms with Crippen LogP contribution in [0.5, 0.6) is 0 Å². The lowest BCUT2D eigenvalue weighted by Crippen LogP contribution is -2.24. The van der Waals surface area contributed by atoms with Gasteiger partial charge in [0.15, 0.2) is 11.0 Å². The smallest absolute Gasteiger partial charge is 0.251 e. The molecule has 2 N–H and O–H groups in total.